The van der Waals surface area contributed by atoms with Crippen molar-refractivity contribution in [3.05, 3.63) is 35.6 Å². The predicted molar refractivity (Wildman–Crippen MR) is 65.3 cm³/mol. The van der Waals surface area contributed by atoms with Gasteiger partial charge in [-0.25, -0.2) is 4.39 Å². The Morgan fingerprint density at radius 3 is 2.94 bits per heavy atom. The van der Waals surface area contributed by atoms with Gasteiger partial charge in [-0.05, 0) is 13.0 Å². The Morgan fingerprint density at radius 2 is 2.28 bits per heavy atom. The molecule has 1 saturated heterocycles. The van der Waals surface area contributed by atoms with Gasteiger partial charge in [0.15, 0.2) is 0 Å². The van der Waals surface area contributed by atoms with Gasteiger partial charge in [-0.15, -0.1) is 0 Å². The van der Waals surface area contributed by atoms with Crippen LogP contribution in [0.4, 0.5) is 4.39 Å². The number of amides is 1. The van der Waals surface area contributed by atoms with E-state index in [1.54, 1.807) is 18.2 Å². The highest BCUT2D eigenvalue weighted by Crippen LogP contribution is 2.24. The Morgan fingerprint density at radius 1 is 1.56 bits per heavy atom. The van der Waals surface area contributed by atoms with Crippen molar-refractivity contribution in [2.45, 2.75) is 19.1 Å². The Balaban J connectivity index is 2.11. The predicted octanol–water partition coefficient (Wildman–Crippen LogP) is 1.07. The van der Waals surface area contributed by atoms with Gasteiger partial charge < -0.3 is 10.5 Å². The van der Waals surface area contributed by atoms with Gasteiger partial charge in [-0.1, -0.05) is 18.2 Å². The van der Waals surface area contributed by atoms with E-state index in [1.165, 1.54) is 6.07 Å². The minimum atomic E-state index is -0.604. The molecule has 1 aliphatic heterocycles. The Bertz CT molecular complexity index is 439. The molecular weight excluding hydrogens is 235 g/mol. The molecule has 4 nitrogen and oxygen atoms in total. The lowest BCUT2D eigenvalue weighted by Crippen LogP contribution is -2.49. The molecule has 0 aliphatic carbocycles. The van der Waals surface area contributed by atoms with Gasteiger partial charge in [-0.3, -0.25) is 9.69 Å². The quantitative estimate of drug-likeness (QED) is 0.875. The molecule has 1 heterocycles. The number of carbonyl (C=O) groups is 1. The van der Waals surface area contributed by atoms with Gasteiger partial charge >= 0.3 is 0 Å². The van der Waals surface area contributed by atoms with Crippen molar-refractivity contribution in [2.24, 2.45) is 5.73 Å². The largest absolute Gasteiger partial charge is 0.367 e. The van der Waals surface area contributed by atoms with Crippen molar-refractivity contribution in [2.75, 3.05) is 19.7 Å². The number of primary amides is 1. The van der Waals surface area contributed by atoms with Gasteiger partial charge in [0.2, 0.25) is 5.91 Å². The average Bonchev–Trinajstić information content (AvgIpc) is 2.38. The lowest BCUT2D eigenvalue weighted by Gasteiger charge is -2.35. The van der Waals surface area contributed by atoms with Crippen molar-refractivity contribution in [3.8, 4) is 0 Å². The monoisotopic (exact) mass is 252 g/mol. The summed E-state index contributed by atoms with van der Waals surface area (Å²) in [6.07, 6.45) is -0.604. The minimum absolute atomic E-state index is 0.100. The maximum atomic E-state index is 13.7. The molecule has 0 spiro atoms. The third kappa shape index (κ3) is 2.68. The summed E-state index contributed by atoms with van der Waals surface area (Å²) in [5.74, 6) is -0.701. The third-order valence-electron chi connectivity index (χ3n) is 3.32. The SMILES string of the molecule is CC(c1ccccc1F)N1CCOC(C(N)=O)C1. The van der Waals surface area contributed by atoms with Crippen LogP contribution in [-0.4, -0.2) is 36.6 Å². The van der Waals surface area contributed by atoms with E-state index in [4.69, 9.17) is 10.5 Å². The number of carbonyl (C=O) groups excluding carboxylic acids is 1. The Hall–Kier alpha value is -1.46. The number of hydrogen-bond donors (Lipinski definition) is 1. The summed E-state index contributed by atoms with van der Waals surface area (Å²) in [5.41, 5.74) is 5.86. The van der Waals surface area contributed by atoms with Crippen LogP contribution in [0.1, 0.15) is 18.5 Å². The van der Waals surface area contributed by atoms with E-state index in [1.807, 2.05) is 11.8 Å². The summed E-state index contributed by atoms with van der Waals surface area (Å²) in [6.45, 7) is 3.43. The summed E-state index contributed by atoms with van der Waals surface area (Å²) < 4.78 is 19.0. The molecule has 0 radical (unpaired) electrons. The molecule has 2 rings (SSSR count). The number of morpholine rings is 1. The normalized spacial score (nSPS) is 22.7. The lowest BCUT2D eigenvalue weighted by molar-refractivity contribution is -0.136. The minimum Gasteiger partial charge on any atom is -0.367 e. The molecule has 1 aromatic carbocycles. The van der Waals surface area contributed by atoms with Gasteiger partial charge in [0.1, 0.15) is 11.9 Å². The molecule has 1 amide bonds. The average molecular weight is 252 g/mol. The van der Waals surface area contributed by atoms with Crippen molar-refractivity contribution < 1.29 is 13.9 Å². The maximum Gasteiger partial charge on any atom is 0.247 e. The molecule has 1 fully saturated rings. The first-order chi connectivity index (χ1) is 8.59. The smallest absolute Gasteiger partial charge is 0.247 e. The molecule has 0 saturated carbocycles. The topological polar surface area (TPSA) is 55.6 Å². The highest BCUT2D eigenvalue weighted by atomic mass is 19.1. The number of ether oxygens (including phenoxy) is 1. The van der Waals surface area contributed by atoms with Crippen LogP contribution in [-0.2, 0) is 9.53 Å². The van der Waals surface area contributed by atoms with Crippen LogP contribution in [0.25, 0.3) is 0 Å². The van der Waals surface area contributed by atoms with Gasteiger partial charge in [0, 0.05) is 24.7 Å². The number of halogens is 1. The van der Waals surface area contributed by atoms with Crippen LogP contribution in [0.5, 0.6) is 0 Å². The number of hydrogen-bond acceptors (Lipinski definition) is 3. The van der Waals surface area contributed by atoms with Gasteiger partial charge in [0.25, 0.3) is 0 Å². The second kappa shape index (κ2) is 5.46. The molecular formula is C13H17FN2O2. The summed E-state index contributed by atoms with van der Waals surface area (Å²) in [4.78, 5) is 13.1. The molecule has 5 heteroatoms. The molecule has 1 aliphatic rings. The third-order valence-corrected chi connectivity index (χ3v) is 3.32. The number of nitrogens with zero attached hydrogens (tertiary/aromatic N) is 1. The molecule has 0 aromatic heterocycles. The fourth-order valence-electron chi connectivity index (χ4n) is 2.20. The molecule has 98 valence electrons. The summed E-state index contributed by atoms with van der Waals surface area (Å²) in [6, 6.07) is 6.57. The van der Waals surface area contributed by atoms with E-state index in [9.17, 15) is 9.18 Å². The number of nitrogens with two attached hydrogens (primary N) is 1. The first-order valence-corrected chi connectivity index (χ1v) is 5.99. The summed E-state index contributed by atoms with van der Waals surface area (Å²) in [7, 11) is 0. The Labute approximate surface area is 106 Å². The first kappa shape index (κ1) is 13.0. The zero-order valence-corrected chi connectivity index (χ0v) is 10.3. The highest BCUT2D eigenvalue weighted by Gasteiger charge is 2.28. The highest BCUT2D eigenvalue weighted by molar-refractivity contribution is 5.79. The van der Waals surface area contributed by atoms with Crippen molar-refractivity contribution in [1.29, 1.82) is 0 Å². The van der Waals surface area contributed by atoms with Crippen molar-refractivity contribution in [1.82, 2.24) is 4.90 Å². The summed E-state index contributed by atoms with van der Waals surface area (Å²) >= 11 is 0. The van der Waals surface area contributed by atoms with Crippen LogP contribution in [0, 0.1) is 5.82 Å². The second-order valence-electron chi connectivity index (χ2n) is 4.45. The van der Waals surface area contributed by atoms with Crippen molar-refractivity contribution >= 4 is 5.91 Å². The Kier molecular flexibility index (Phi) is 3.93. The maximum absolute atomic E-state index is 13.7. The van der Waals surface area contributed by atoms with E-state index in [0.29, 0.717) is 25.3 Å². The fourth-order valence-corrected chi connectivity index (χ4v) is 2.20. The van der Waals surface area contributed by atoms with Crippen LogP contribution >= 0.6 is 0 Å². The summed E-state index contributed by atoms with van der Waals surface area (Å²) in [5, 5.41) is 0. The zero-order valence-electron chi connectivity index (χ0n) is 10.3. The number of benzene rings is 1. The molecule has 2 N–H and O–H groups in total. The van der Waals surface area contributed by atoms with Crippen LogP contribution in [0.15, 0.2) is 24.3 Å². The molecule has 1 aromatic rings. The van der Waals surface area contributed by atoms with E-state index in [0.717, 1.165) is 0 Å². The molecule has 18 heavy (non-hydrogen) atoms. The van der Waals surface area contributed by atoms with Crippen LogP contribution in [0.2, 0.25) is 0 Å². The number of rotatable bonds is 3. The van der Waals surface area contributed by atoms with E-state index in [2.05, 4.69) is 0 Å². The van der Waals surface area contributed by atoms with Crippen LogP contribution < -0.4 is 5.73 Å². The van der Waals surface area contributed by atoms with Gasteiger partial charge in [0.05, 0.1) is 6.61 Å². The lowest BCUT2D eigenvalue weighted by atomic mass is 10.1. The molecule has 2 atom stereocenters. The van der Waals surface area contributed by atoms with Gasteiger partial charge in [-0.2, -0.15) is 0 Å². The second-order valence-corrected chi connectivity index (χ2v) is 4.45. The van der Waals surface area contributed by atoms with Crippen molar-refractivity contribution in [3.63, 3.8) is 0 Å². The standard InChI is InChI=1S/C13H17FN2O2/c1-9(10-4-2-3-5-11(10)14)16-6-7-18-12(8-16)13(15)17/h2-5,9,12H,6-8H2,1H3,(H2,15,17). The van der Waals surface area contributed by atoms with E-state index >= 15 is 0 Å². The van der Waals surface area contributed by atoms with E-state index in [-0.39, 0.29) is 11.9 Å². The van der Waals surface area contributed by atoms with Crippen LogP contribution in [0.3, 0.4) is 0 Å². The fraction of sp³-hybridized carbons (Fsp3) is 0.462. The van der Waals surface area contributed by atoms with E-state index < -0.39 is 12.0 Å². The zero-order chi connectivity index (χ0) is 13.1. The first-order valence-electron chi connectivity index (χ1n) is 5.99. The molecule has 2 unspecified atom stereocenters. The molecule has 0 bridgehead atoms.